The molecule has 1 aliphatic carbocycles. The Morgan fingerprint density at radius 1 is 1.07 bits per heavy atom. The number of carbonyl (C=O) groups excluding carboxylic acids is 2. The zero-order valence-corrected chi connectivity index (χ0v) is 17.4. The van der Waals surface area contributed by atoms with Crippen LogP contribution >= 0.6 is 0 Å². The van der Waals surface area contributed by atoms with Crippen molar-refractivity contribution >= 4 is 17.6 Å². The predicted octanol–water partition coefficient (Wildman–Crippen LogP) is 4.50. The number of methoxy groups -OCH3 is 1. The van der Waals surface area contributed by atoms with E-state index in [0.717, 1.165) is 24.2 Å². The Kier molecular flexibility index (Phi) is 6.11. The number of carbonyl (C=O) groups is 2. The van der Waals surface area contributed by atoms with Crippen LogP contribution in [0.15, 0.2) is 48.5 Å². The summed E-state index contributed by atoms with van der Waals surface area (Å²) in [6.45, 7) is 5.78. The van der Waals surface area contributed by atoms with Gasteiger partial charge in [-0.15, -0.1) is 0 Å². The first-order valence-electron chi connectivity index (χ1n) is 9.89. The van der Waals surface area contributed by atoms with Gasteiger partial charge >= 0.3 is 6.03 Å². The topological polar surface area (TPSA) is 79.5 Å². The van der Waals surface area contributed by atoms with Crippen LogP contribution in [0.4, 0.5) is 10.5 Å². The lowest BCUT2D eigenvalue weighted by Gasteiger charge is -2.21. The van der Waals surface area contributed by atoms with Gasteiger partial charge in [0.05, 0.1) is 13.2 Å². The Labute approximate surface area is 172 Å². The predicted molar refractivity (Wildman–Crippen MR) is 114 cm³/mol. The van der Waals surface area contributed by atoms with Gasteiger partial charge in [-0.2, -0.15) is 0 Å². The zero-order chi connectivity index (χ0) is 21.0. The van der Waals surface area contributed by atoms with Gasteiger partial charge in [0.15, 0.2) is 0 Å². The molecule has 6 nitrogen and oxygen atoms in total. The van der Waals surface area contributed by atoms with E-state index in [-0.39, 0.29) is 23.5 Å². The van der Waals surface area contributed by atoms with E-state index in [1.165, 1.54) is 0 Å². The van der Waals surface area contributed by atoms with E-state index in [2.05, 4.69) is 16.0 Å². The van der Waals surface area contributed by atoms with E-state index in [9.17, 15) is 9.59 Å². The summed E-state index contributed by atoms with van der Waals surface area (Å²) in [5, 5.41) is 8.85. The molecule has 2 aromatic carbocycles. The molecule has 0 aromatic heterocycles. The maximum Gasteiger partial charge on any atom is 0.319 e. The van der Waals surface area contributed by atoms with E-state index in [1.54, 1.807) is 31.4 Å². The van der Waals surface area contributed by atoms with Gasteiger partial charge in [-0.3, -0.25) is 4.79 Å². The molecule has 1 aliphatic rings. The van der Waals surface area contributed by atoms with Crippen molar-refractivity contribution in [2.24, 2.45) is 5.92 Å². The van der Waals surface area contributed by atoms with Crippen LogP contribution in [0.2, 0.25) is 0 Å². The number of hydrogen-bond acceptors (Lipinski definition) is 3. The summed E-state index contributed by atoms with van der Waals surface area (Å²) in [4.78, 5) is 25.0. The molecule has 0 aliphatic heterocycles. The zero-order valence-electron chi connectivity index (χ0n) is 17.4. The lowest BCUT2D eigenvalue weighted by atomic mass is 10.0. The molecular weight excluding hydrogens is 366 g/mol. The summed E-state index contributed by atoms with van der Waals surface area (Å²) in [6.07, 6.45) is 2.19. The fraction of sp³-hybridized carbons (Fsp3) is 0.391. The first-order chi connectivity index (χ1) is 13.7. The largest absolute Gasteiger partial charge is 0.497 e. The first kappa shape index (κ1) is 20.7. The Hall–Kier alpha value is -3.02. The van der Waals surface area contributed by atoms with Crippen LogP contribution in [-0.2, 0) is 0 Å². The molecule has 0 saturated heterocycles. The monoisotopic (exact) mass is 395 g/mol. The van der Waals surface area contributed by atoms with Crippen molar-refractivity contribution in [2.45, 2.75) is 45.2 Å². The van der Waals surface area contributed by atoms with Gasteiger partial charge in [-0.25, -0.2) is 4.79 Å². The van der Waals surface area contributed by atoms with Gasteiger partial charge < -0.3 is 20.7 Å². The third-order valence-electron chi connectivity index (χ3n) is 4.73. The lowest BCUT2D eigenvalue weighted by Crippen LogP contribution is -2.40. The summed E-state index contributed by atoms with van der Waals surface area (Å²) in [5.74, 6) is 1.06. The van der Waals surface area contributed by atoms with Crippen LogP contribution < -0.4 is 20.7 Å². The van der Waals surface area contributed by atoms with E-state index >= 15 is 0 Å². The van der Waals surface area contributed by atoms with Gasteiger partial charge in [0.2, 0.25) is 0 Å². The third-order valence-corrected chi connectivity index (χ3v) is 4.73. The SMILES string of the molecule is COc1ccc(C(NC(=O)Nc2cccc(C(=O)NC(C)(C)C)c2)C2CC2)cc1. The molecule has 1 saturated carbocycles. The quantitative estimate of drug-likeness (QED) is 0.674. The Balaban J connectivity index is 1.66. The fourth-order valence-electron chi connectivity index (χ4n) is 3.17. The molecule has 0 spiro atoms. The smallest absolute Gasteiger partial charge is 0.319 e. The summed E-state index contributed by atoms with van der Waals surface area (Å²) in [6, 6.07) is 14.4. The molecular formula is C23H29N3O3. The second kappa shape index (κ2) is 8.55. The highest BCUT2D eigenvalue weighted by Crippen LogP contribution is 2.41. The van der Waals surface area contributed by atoms with Crippen molar-refractivity contribution in [3.05, 3.63) is 59.7 Å². The second-order valence-corrected chi connectivity index (χ2v) is 8.47. The number of rotatable bonds is 6. The molecule has 0 heterocycles. The molecule has 29 heavy (non-hydrogen) atoms. The maximum absolute atomic E-state index is 12.6. The number of hydrogen-bond donors (Lipinski definition) is 3. The highest BCUT2D eigenvalue weighted by Gasteiger charge is 2.33. The molecule has 1 atom stereocenters. The normalized spacial score (nSPS) is 14.6. The molecule has 3 amide bonds. The van der Waals surface area contributed by atoms with Crippen molar-refractivity contribution < 1.29 is 14.3 Å². The average molecular weight is 396 g/mol. The summed E-state index contributed by atoms with van der Waals surface area (Å²) < 4.78 is 5.21. The van der Waals surface area contributed by atoms with Crippen molar-refractivity contribution in [2.75, 3.05) is 12.4 Å². The van der Waals surface area contributed by atoms with Crippen LogP contribution in [0, 0.1) is 5.92 Å². The minimum Gasteiger partial charge on any atom is -0.497 e. The molecule has 6 heteroatoms. The highest BCUT2D eigenvalue weighted by atomic mass is 16.5. The number of urea groups is 1. The van der Waals surface area contributed by atoms with Gasteiger partial charge in [0.25, 0.3) is 5.91 Å². The number of benzene rings is 2. The molecule has 3 rings (SSSR count). The van der Waals surface area contributed by atoms with Gasteiger partial charge in [0, 0.05) is 16.8 Å². The molecule has 0 bridgehead atoms. The summed E-state index contributed by atoms with van der Waals surface area (Å²) in [5.41, 5.74) is 1.81. The maximum atomic E-state index is 12.6. The number of nitrogens with one attached hydrogen (secondary N) is 3. The molecule has 0 radical (unpaired) electrons. The van der Waals surface area contributed by atoms with Gasteiger partial charge in [0.1, 0.15) is 5.75 Å². The van der Waals surface area contributed by atoms with Gasteiger partial charge in [-0.1, -0.05) is 18.2 Å². The fourth-order valence-corrected chi connectivity index (χ4v) is 3.17. The van der Waals surface area contributed by atoms with E-state index < -0.39 is 0 Å². The van der Waals surface area contributed by atoms with E-state index in [1.807, 2.05) is 45.0 Å². The second-order valence-electron chi connectivity index (χ2n) is 8.47. The third kappa shape index (κ3) is 5.98. The van der Waals surface area contributed by atoms with Crippen molar-refractivity contribution in [1.29, 1.82) is 0 Å². The molecule has 1 unspecified atom stereocenters. The lowest BCUT2D eigenvalue weighted by molar-refractivity contribution is 0.0919. The molecule has 154 valence electrons. The standard InChI is InChI=1S/C23H29N3O3/c1-23(2,3)26-21(27)17-6-5-7-18(14-17)24-22(28)25-20(15-8-9-15)16-10-12-19(29-4)13-11-16/h5-7,10-15,20H,8-9H2,1-4H3,(H,26,27)(H2,24,25,28). The minimum absolute atomic E-state index is 0.0479. The van der Waals surface area contributed by atoms with Crippen LogP contribution in [0.5, 0.6) is 5.75 Å². The van der Waals surface area contributed by atoms with Crippen LogP contribution in [0.3, 0.4) is 0 Å². The van der Waals surface area contributed by atoms with Crippen LogP contribution in [-0.4, -0.2) is 24.6 Å². The number of ether oxygens (including phenoxy) is 1. The summed E-state index contributed by atoms with van der Waals surface area (Å²) in [7, 11) is 1.63. The van der Waals surface area contributed by atoms with E-state index in [4.69, 9.17) is 4.74 Å². The Morgan fingerprint density at radius 3 is 2.34 bits per heavy atom. The Morgan fingerprint density at radius 2 is 1.76 bits per heavy atom. The van der Waals surface area contributed by atoms with Crippen molar-refractivity contribution in [3.63, 3.8) is 0 Å². The first-order valence-corrected chi connectivity index (χ1v) is 9.89. The van der Waals surface area contributed by atoms with Crippen molar-refractivity contribution in [1.82, 2.24) is 10.6 Å². The average Bonchev–Trinajstić information content (AvgIpc) is 3.50. The molecule has 3 N–H and O–H groups in total. The summed E-state index contributed by atoms with van der Waals surface area (Å²) >= 11 is 0. The highest BCUT2D eigenvalue weighted by molar-refractivity contribution is 5.97. The number of amides is 3. The molecule has 1 fully saturated rings. The van der Waals surface area contributed by atoms with Crippen LogP contribution in [0.1, 0.15) is 55.6 Å². The van der Waals surface area contributed by atoms with Gasteiger partial charge in [-0.05, 0) is 75.4 Å². The van der Waals surface area contributed by atoms with Crippen LogP contribution in [0.25, 0.3) is 0 Å². The minimum atomic E-state index is -0.326. The number of anilines is 1. The Bertz CT molecular complexity index is 868. The molecule has 2 aromatic rings. The van der Waals surface area contributed by atoms with E-state index in [0.29, 0.717) is 17.2 Å². The van der Waals surface area contributed by atoms with Crippen molar-refractivity contribution in [3.8, 4) is 5.75 Å².